The molecule has 3 aromatic rings. The molecule has 0 fully saturated rings. The van der Waals surface area contributed by atoms with E-state index in [4.69, 9.17) is 10.5 Å². The van der Waals surface area contributed by atoms with Crippen LogP contribution >= 0.6 is 0 Å². The van der Waals surface area contributed by atoms with Crippen LogP contribution in [0.25, 0.3) is 0 Å². The lowest BCUT2D eigenvalue weighted by atomic mass is 9.85. The highest BCUT2D eigenvalue weighted by Gasteiger charge is 2.39. The molecule has 6 atom stereocenters. The molecule has 1 aromatic heterocycles. The molecule has 0 aliphatic carbocycles. The third-order valence-corrected chi connectivity index (χ3v) is 11.8. The summed E-state index contributed by atoms with van der Waals surface area (Å²) in [5.74, 6) is -10.1. The molecule has 404 valence electrons. The van der Waals surface area contributed by atoms with Gasteiger partial charge in [0.25, 0.3) is 5.91 Å². The van der Waals surface area contributed by atoms with Gasteiger partial charge < -0.3 is 57.2 Å². The van der Waals surface area contributed by atoms with Crippen LogP contribution in [0.1, 0.15) is 115 Å². The summed E-state index contributed by atoms with van der Waals surface area (Å²) in [7, 11) is 0. The number of hydrogen-bond donors (Lipinski definition) is 9. The number of carbonyl (C=O) groups is 10. The van der Waals surface area contributed by atoms with Gasteiger partial charge in [-0.25, -0.2) is 4.98 Å². The van der Waals surface area contributed by atoms with Gasteiger partial charge in [0.1, 0.15) is 36.9 Å². The summed E-state index contributed by atoms with van der Waals surface area (Å²) in [4.78, 5) is 136. The highest BCUT2D eigenvalue weighted by molar-refractivity contribution is 6.37. The number of Topliss-reactive ketones (excluding diaryl/α,β-unsaturated/α-hetero) is 1. The van der Waals surface area contributed by atoms with Crippen LogP contribution < -0.4 is 37.6 Å². The molecule has 0 bridgehead atoms. The van der Waals surface area contributed by atoms with Gasteiger partial charge in [0, 0.05) is 37.6 Å². The van der Waals surface area contributed by atoms with Gasteiger partial charge in [-0.2, -0.15) is 0 Å². The van der Waals surface area contributed by atoms with E-state index in [-0.39, 0.29) is 44.9 Å². The normalized spacial score (nSPS) is 13.7. The summed E-state index contributed by atoms with van der Waals surface area (Å²) in [6, 6.07) is 7.96. The maximum absolute atomic E-state index is 14.6. The number of carboxylic acid groups (broad SMARTS) is 2. The summed E-state index contributed by atoms with van der Waals surface area (Å²) in [6.45, 7) is 12.5. The maximum Gasteiger partial charge on any atom is 0.303 e. The van der Waals surface area contributed by atoms with Gasteiger partial charge in [-0.3, -0.25) is 47.9 Å². The number of unbranched alkanes of at least 4 members (excludes halogenated alkanes) is 1. The quantitative estimate of drug-likeness (QED) is 0.0405. The van der Waals surface area contributed by atoms with Crippen LogP contribution in [0.15, 0.2) is 67.1 Å². The second-order valence-electron chi connectivity index (χ2n) is 19.7. The molecule has 10 N–H and O–H groups in total. The Morgan fingerprint density at radius 2 is 1.24 bits per heavy atom. The van der Waals surface area contributed by atoms with Gasteiger partial charge in [-0.15, -0.1) is 0 Å². The highest BCUT2D eigenvalue weighted by Crippen LogP contribution is 2.22. The van der Waals surface area contributed by atoms with E-state index in [0.717, 1.165) is 11.1 Å². The SMILES string of the molecule is CCCCC(NC(=O)[C@H](CC(C)C)NC(=O)[C@@H](NC(=O)[C@H](Cc1ccccc1C)NC(=O)[C@H](CCC(=O)O)NC(=O)[C@H](Cc1cncn1COCc1ccccc1)NC(=O)CCC(=O)O)C(C)(C)C)C(=O)C(N)=O. The summed E-state index contributed by atoms with van der Waals surface area (Å²) in [6.07, 6.45) is 1.73. The molecule has 0 radical (unpaired) electrons. The Labute approximate surface area is 431 Å². The number of benzene rings is 2. The number of amides is 7. The Bertz CT molecular complexity index is 2420. The van der Waals surface area contributed by atoms with E-state index in [1.807, 2.05) is 51.1 Å². The number of rotatable bonds is 32. The molecular weight excluding hydrogens is 959 g/mol. The molecule has 1 unspecified atom stereocenters. The van der Waals surface area contributed by atoms with E-state index in [0.29, 0.717) is 24.1 Å². The van der Waals surface area contributed by atoms with Crippen molar-refractivity contribution in [3.05, 3.63) is 89.5 Å². The van der Waals surface area contributed by atoms with Crippen LogP contribution in [0.2, 0.25) is 0 Å². The van der Waals surface area contributed by atoms with Crippen molar-refractivity contribution < 1.29 is 62.9 Å². The third-order valence-electron chi connectivity index (χ3n) is 11.8. The third kappa shape index (κ3) is 20.9. The second-order valence-corrected chi connectivity index (χ2v) is 19.7. The fourth-order valence-electron chi connectivity index (χ4n) is 7.72. The van der Waals surface area contributed by atoms with Crippen LogP contribution in [0.4, 0.5) is 0 Å². The number of imidazole rings is 1. The van der Waals surface area contributed by atoms with Gasteiger partial charge >= 0.3 is 11.9 Å². The van der Waals surface area contributed by atoms with E-state index < -0.39 is 126 Å². The first-order chi connectivity index (χ1) is 34.9. The first-order valence-electron chi connectivity index (χ1n) is 24.6. The molecule has 74 heavy (non-hydrogen) atoms. The van der Waals surface area contributed by atoms with Crippen molar-refractivity contribution in [2.24, 2.45) is 17.1 Å². The Morgan fingerprint density at radius 3 is 1.85 bits per heavy atom. The van der Waals surface area contributed by atoms with Crippen molar-refractivity contribution in [3.8, 4) is 0 Å². The zero-order valence-corrected chi connectivity index (χ0v) is 43.2. The molecule has 3 rings (SSSR count). The lowest BCUT2D eigenvalue weighted by molar-refractivity contribution is -0.140. The Kier molecular flexibility index (Phi) is 24.6. The lowest BCUT2D eigenvalue weighted by Crippen LogP contribution is -2.62. The van der Waals surface area contributed by atoms with Crippen LogP contribution in [0, 0.1) is 18.3 Å². The zero-order valence-electron chi connectivity index (χ0n) is 43.2. The number of nitrogens with one attached hydrogen (secondary N) is 6. The first kappa shape index (κ1) is 60.8. The van der Waals surface area contributed by atoms with Gasteiger partial charge in [0.05, 0.1) is 25.4 Å². The largest absolute Gasteiger partial charge is 0.481 e. The minimum absolute atomic E-state index is 0.00871. The highest BCUT2D eigenvalue weighted by atomic mass is 16.5. The molecule has 0 aliphatic heterocycles. The van der Waals surface area contributed by atoms with Crippen molar-refractivity contribution in [3.63, 3.8) is 0 Å². The fourth-order valence-corrected chi connectivity index (χ4v) is 7.72. The Morgan fingerprint density at radius 1 is 0.676 bits per heavy atom. The predicted octanol–water partition coefficient (Wildman–Crippen LogP) is 2.13. The number of carbonyl (C=O) groups excluding carboxylic acids is 8. The van der Waals surface area contributed by atoms with Gasteiger partial charge in [-0.1, -0.05) is 109 Å². The van der Waals surface area contributed by atoms with Crippen LogP contribution in [0.3, 0.4) is 0 Å². The number of ether oxygens (including phenoxy) is 1. The number of aryl methyl sites for hydroxylation is 1. The van der Waals surface area contributed by atoms with Crippen LogP contribution in [-0.2, 0) is 78.9 Å². The standard InChI is InChI=1S/C52H73N9O13/c1-8-9-19-36(44(67)46(53)68)56-48(70)38(24-31(2)3)59-51(73)45(52(5,6)7)60-50(72)39(25-34-18-14-13-15-32(34)4)58-47(69)37(20-22-42(63)64)57-49(71)40(55-41(62)21-23-43(65)66)26-35-27-54-29-61(35)30-74-28-33-16-11-10-12-17-33/h10-18,27,29,31,36-40,45H,8-9,19-26,28,30H2,1-7H3,(H2,53,68)(H,55,62)(H,56,70)(H,57,71)(H,58,69)(H,59,73)(H,60,72)(H,63,64)(H,65,66)/t36?,37-,38-,39-,40-,45+/m0/s1. The molecule has 22 nitrogen and oxygen atoms in total. The smallest absolute Gasteiger partial charge is 0.303 e. The lowest BCUT2D eigenvalue weighted by Gasteiger charge is -2.34. The summed E-state index contributed by atoms with van der Waals surface area (Å²) < 4.78 is 7.43. The second kappa shape index (κ2) is 29.9. The van der Waals surface area contributed by atoms with E-state index in [9.17, 15) is 58.2 Å². The molecule has 0 spiro atoms. The summed E-state index contributed by atoms with van der Waals surface area (Å²) in [5.41, 5.74) is 6.89. The number of carboxylic acids is 2. The van der Waals surface area contributed by atoms with Crippen molar-refractivity contribution in [1.29, 1.82) is 0 Å². The minimum atomic E-state index is -1.62. The molecule has 0 saturated carbocycles. The average molecular weight is 1030 g/mol. The number of nitrogens with zero attached hydrogens (tertiary/aromatic N) is 2. The molecule has 22 heteroatoms. The fraction of sp³-hybridized carbons (Fsp3) is 0.519. The Hall–Kier alpha value is -7.49. The van der Waals surface area contributed by atoms with Crippen molar-refractivity contribution >= 4 is 59.1 Å². The van der Waals surface area contributed by atoms with E-state index in [1.54, 1.807) is 56.5 Å². The van der Waals surface area contributed by atoms with Gasteiger partial charge in [0.2, 0.25) is 41.2 Å². The Balaban J connectivity index is 1.97. The summed E-state index contributed by atoms with van der Waals surface area (Å²) in [5, 5.41) is 34.7. The number of nitrogens with two attached hydrogens (primary N) is 1. The maximum atomic E-state index is 14.6. The predicted molar refractivity (Wildman–Crippen MR) is 270 cm³/mol. The number of ketones is 1. The number of hydrogen-bond acceptors (Lipinski definition) is 12. The van der Waals surface area contributed by atoms with Gasteiger partial charge in [0.15, 0.2) is 0 Å². The topological polar surface area (TPSA) is 336 Å². The summed E-state index contributed by atoms with van der Waals surface area (Å²) >= 11 is 0. The van der Waals surface area contributed by atoms with Crippen molar-refractivity contribution in [1.82, 2.24) is 41.5 Å². The van der Waals surface area contributed by atoms with Crippen molar-refractivity contribution in [2.75, 3.05) is 0 Å². The minimum Gasteiger partial charge on any atom is -0.481 e. The zero-order chi connectivity index (χ0) is 55.1. The number of aromatic nitrogens is 2. The van der Waals surface area contributed by atoms with E-state index >= 15 is 0 Å². The van der Waals surface area contributed by atoms with Gasteiger partial charge in [-0.05, 0) is 54.2 Å². The molecule has 0 saturated heterocycles. The van der Waals surface area contributed by atoms with Crippen molar-refractivity contribution in [2.45, 2.75) is 162 Å². The van der Waals surface area contributed by atoms with E-state index in [2.05, 4.69) is 36.9 Å². The first-order valence-corrected chi connectivity index (χ1v) is 24.6. The molecular formula is C52H73N9O13. The molecule has 0 aliphatic rings. The molecule has 2 aromatic carbocycles. The van der Waals surface area contributed by atoms with Crippen LogP contribution in [0.5, 0.6) is 0 Å². The van der Waals surface area contributed by atoms with E-state index in [1.165, 1.54) is 12.5 Å². The average Bonchev–Trinajstić information content (AvgIpc) is 3.78. The number of aliphatic carboxylic acids is 2. The number of primary amides is 1. The molecule has 7 amide bonds. The molecule has 1 heterocycles. The monoisotopic (exact) mass is 1030 g/mol. The van der Waals surface area contributed by atoms with Crippen LogP contribution in [-0.4, -0.2) is 115 Å².